The van der Waals surface area contributed by atoms with Crippen LogP contribution in [0.3, 0.4) is 0 Å². The summed E-state index contributed by atoms with van der Waals surface area (Å²) < 4.78 is 5.52. The summed E-state index contributed by atoms with van der Waals surface area (Å²) in [6.45, 7) is 7.46. The number of H-pyrrole nitrogens is 1. The van der Waals surface area contributed by atoms with Crippen molar-refractivity contribution in [3.05, 3.63) is 66.0 Å². The number of carboxylic acid groups (broad SMARTS) is 1. The van der Waals surface area contributed by atoms with Gasteiger partial charge in [-0.05, 0) is 30.2 Å². The molecule has 39 heavy (non-hydrogen) atoms. The number of hydrogen-bond acceptors (Lipinski definition) is 5. The quantitative estimate of drug-likeness (QED) is 0.217. The van der Waals surface area contributed by atoms with Crippen LogP contribution in [0.1, 0.15) is 38.4 Å². The molecule has 206 valence electrons. The summed E-state index contributed by atoms with van der Waals surface area (Å²) in [4.78, 5) is 34.6. The first-order valence-corrected chi connectivity index (χ1v) is 13.1. The highest BCUT2D eigenvalue weighted by molar-refractivity contribution is 5.92. The van der Waals surface area contributed by atoms with Crippen LogP contribution in [0.4, 0.5) is 10.5 Å². The number of aromatic amines is 1. The molecule has 0 aliphatic heterocycles. The van der Waals surface area contributed by atoms with Gasteiger partial charge in [-0.3, -0.25) is 4.98 Å². The largest absolute Gasteiger partial charge is 0.497 e. The second kappa shape index (κ2) is 11.6. The highest BCUT2D eigenvalue weighted by Gasteiger charge is 2.22. The van der Waals surface area contributed by atoms with Gasteiger partial charge in [-0.1, -0.05) is 45.0 Å². The lowest BCUT2D eigenvalue weighted by Crippen LogP contribution is -2.47. The number of methoxy groups -OCH3 is 1. The number of carbonyl (C=O) groups excluding carboxylic acids is 1. The number of fused-ring (bicyclic) bond motifs is 2. The van der Waals surface area contributed by atoms with Crippen LogP contribution in [-0.4, -0.2) is 60.4 Å². The van der Waals surface area contributed by atoms with Gasteiger partial charge in [0.15, 0.2) is 0 Å². The first-order valence-electron chi connectivity index (χ1n) is 13.1. The van der Waals surface area contributed by atoms with E-state index < -0.39 is 18.0 Å². The van der Waals surface area contributed by atoms with Crippen LogP contribution < -0.4 is 20.3 Å². The fourth-order valence-electron chi connectivity index (χ4n) is 4.58. The van der Waals surface area contributed by atoms with E-state index in [1.807, 2.05) is 43.4 Å². The van der Waals surface area contributed by atoms with Crippen molar-refractivity contribution < 1.29 is 19.4 Å². The lowest BCUT2D eigenvalue weighted by Gasteiger charge is -2.24. The summed E-state index contributed by atoms with van der Waals surface area (Å²) in [5, 5.41) is 17.0. The minimum absolute atomic E-state index is 0.0801. The third kappa shape index (κ3) is 6.60. The maximum atomic E-state index is 12.5. The van der Waals surface area contributed by atoms with Crippen molar-refractivity contribution in [2.75, 3.05) is 32.1 Å². The number of urea groups is 1. The zero-order valence-electron chi connectivity index (χ0n) is 23.2. The topological polar surface area (TPSA) is 120 Å². The first-order chi connectivity index (χ1) is 18.6. The fourth-order valence-corrected chi connectivity index (χ4v) is 4.58. The highest BCUT2D eigenvalue weighted by Crippen LogP contribution is 2.32. The summed E-state index contributed by atoms with van der Waals surface area (Å²) >= 11 is 0. The molecule has 0 radical (unpaired) electrons. The zero-order valence-corrected chi connectivity index (χ0v) is 23.2. The summed E-state index contributed by atoms with van der Waals surface area (Å²) in [5.74, 6) is -0.329. The molecule has 0 saturated carbocycles. The van der Waals surface area contributed by atoms with E-state index in [-0.39, 0.29) is 11.8 Å². The highest BCUT2D eigenvalue weighted by atomic mass is 16.5. The molecule has 0 fully saturated rings. The van der Waals surface area contributed by atoms with E-state index in [1.54, 1.807) is 13.3 Å². The molecule has 0 bridgehead atoms. The molecule has 0 spiro atoms. The summed E-state index contributed by atoms with van der Waals surface area (Å²) in [6.07, 6.45) is 2.63. The number of amides is 2. The smallest absolute Gasteiger partial charge is 0.326 e. The Kier molecular flexibility index (Phi) is 8.28. The number of para-hydroxylation sites is 1. The van der Waals surface area contributed by atoms with E-state index >= 15 is 0 Å². The van der Waals surface area contributed by atoms with Gasteiger partial charge in [0, 0.05) is 66.2 Å². The fraction of sp³-hybridized carbons (Fsp3) is 0.367. The standard InChI is InChI=1S/C30H37N5O4/c1-30(2,3)26-12-11-19-15-21(39-5)17-25(27(19)34-26)35(4)14-8-13-31-29(38)33-24(28(36)37)16-20-18-32-23-10-7-6-9-22(20)23/h6-7,9-12,15,17-18,24,32H,8,13-14,16H2,1-5H3,(H,36,37)(H2,31,33,38)/t24-/m0/s1. The number of carbonyl (C=O) groups is 2. The predicted molar refractivity (Wildman–Crippen MR) is 155 cm³/mol. The number of anilines is 1. The molecule has 1 atom stereocenters. The third-order valence-electron chi connectivity index (χ3n) is 6.82. The van der Waals surface area contributed by atoms with E-state index in [0.717, 1.165) is 44.5 Å². The normalized spacial score (nSPS) is 12.3. The average molecular weight is 532 g/mol. The SMILES string of the molecule is COc1cc(N(C)CCCNC(=O)N[C@@H](Cc2c[nH]c3ccccc23)C(=O)O)c2nc(C(C)(C)C)ccc2c1. The maximum Gasteiger partial charge on any atom is 0.326 e. The Labute approximate surface area is 228 Å². The minimum atomic E-state index is -1.08. The molecule has 2 aromatic heterocycles. The summed E-state index contributed by atoms with van der Waals surface area (Å²) in [5.41, 5.74) is 4.55. The number of rotatable bonds is 10. The Morgan fingerprint density at radius 1 is 1.15 bits per heavy atom. The van der Waals surface area contributed by atoms with E-state index in [4.69, 9.17) is 9.72 Å². The third-order valence-corrected chi connectivity index (χ3v) is 6.82. The number of nitrogens with zero attached hydrogens (tertiary/aromatic N) is 2. The van der Waals surface area contributed by atoms with Gasteiger partial charge in [0.05, 0.1) is 18.3 Å². The van der Waals surface area contributed by atoms with Crippen LogP contribution in [0.5, 0.6) is 5.75 Å². The van der Waals surface area contributed by atoms with Gasteiger partial charge in [0.1, 0.15) is 11.8 Å². The zero-order chi connectivity index (χ0) is 28.2. The van der Waals surface area contributed by atoms with Gasteiger partial charge in [0.2, 0.25) is 0 Å². The van der Waals surface area contributed by atoms with Crippen LogP contribution in [-0.2, 0) is 16.6 Å². The Morgan fingerprint density at radius 2 is 1.92 bits per heavy atom. The lowest BCUT2D eigenvalue weighted by molar-refractivity contribution is -0.139. The lowest BCUT2D eigenvalue weighted by atomic mass is 9.91. The molecule has 0 aliphatic carbocycles. The second-order valence-corrected chi connectivity index (χ2v) is 10.8. The van der Waals surface area contributed by atoms with E-state index in [0.29, 0.717) is 19.5 Å². The molecule has 2 amide bonds. The molecule has 2 aromatic carbocycles. The molecule has 0 saturated heterocycles. The molecule has 0 aliphatic rings. The maximum absolute atomic E-state index is 12.5. The molecule has 0 unspecified atom stereocenters. The van der Waals surface area contributed by atoms with Crippen LogP contribution >= 0.6 is 0 Å². The molecule has 9 nitrogen and oxygen atoms in total. The number of nitrogens with one attached hydrogen (secondary N) is 3. The number of benzene rings is 2. The Balaban J connectivity index is 1.35. The Hall–Kier alpha value is -4.27. The average Bonchev–Trinajstić information content (AvgIpc) is 3.31. The second-order valence-electron chi connectivity index (χ2n) is 10.8. The van der Waals surface area contributed by atoms with Crippen molar-refractivity contribution in [1.82, 2.24) is 20.6 Å². The van der Waals surface area contributed by atoms with Gasteiger partial charge >= 0.3 is 12.0 Å². The minimum Gasteiger partial charge on any atom is -0.497 e. The molecular weight excluding hydrogens is 494 g/mol. The molecule has 4 aromatic rings. The van der Waals surface area contributed by atoms with Crippen LogP contribution in [0.15, 0.2) is 54.7 Å². The van der Waals surface area contributed by atoms with Gasteiger partial charge in [0.25, 0.3) is 0 Å². The van der Waals surface area contributed by atoms with E-state index in [2.05, 4.69) is 53.4 Å². The van der Waals surface area contributed by atoms with Gasteiger partial charge in [-0.2, -0.15) is 0 Å². The Bertz CT molecular complexity index is 1470. The molecule has 9 heteroatoms. The number of pyridine rings is 1. The number of hydrogen-bond donors (Lipinski definition) is 4. The molecule has 4 N–H and O–H groups in total. The van der Waals surface area contributed by atoms with Gasteiger partial charge in [-0.25, -0.2) is 9.59 Å². The number of ether oxygens (including phenoxy) is 1. The summed E-state index contributed by atoms with van der Waals surface area (Å²) in [7, 11) is 3.63. The number of aromatic nitrogens is 2. The van der Waals surface area contributed by atoms with Crippen molar-refractivity contribution >= 4 is 39.5 Å². The van der Waals surface area contributed by atoms with E-state index in [9.17, 15) is 14.7 Å². The van der Waals surface area contributed by atoms with Crippen LogP contribution in [0.2, 0.25) is 0 Å². The molecule has 2 heterocycles. The summed E-state index contributed by atoms with van der Waals surface area (Å²) in [6, 6.07) is 14.2. The van der Waals surface area contributed by atoms with Crippen LogP contribution in [0.25, 0.3) is 21.8 Å². The molecular formula is C30H37N5O4. The van der Waals surface area contributed by atoms with Crippen molar-refractivity contribution in [2.24, 2.45) is 0 Å². The van der Waals surface area contributed by atoms with Gasteiger partial charge < -0.3 is 30.4 Å². The number of carboxylic acids is 1. The van der Waals surface area contributed by atoms with Crippen molar-refractivity contribution in [3.63, 3.8) is 0 Å². The van der Waals surface area contributed by atoms with E-state index in [1.165, 1.54) is 0 Å². The van der Waals surface area contributed by atoms with Crippen molar-refractivity contribution in [3.8, 4) is 5.75 Å². The van der Waals surface area contributed by atoms with Crippen LogP contribution in [0, 0.1) is 0 Å². The number of aliphatic carboxylic acids is 1. The van der Waals surface area contributed by atoms with Crippen molar-refractivity contribution in [2.45, 2.75) is 45.1 Å². The Morgan fingerprint density at radius 3 is 2.64 bits per heavy atom. The first kappa shape index (κ1) is 27.8. The van der Waals surface area contributed by atoms with Gasteiger partial charge in [-0.15, -0.1) is 0 Å². The van der Waals surface area contributed by atoms with Crippen molar-refractivity contribution in [1.29, 1.82) is 0 Å². The molecule has 4 rings (SSSR count). The predicted octanol–water partition coefficient (Wildman–Crippen LogP) is 4.84. The monoisotopic (exact) mass is 531 g/mol.